The van der Waals surface area contributed by atoms with Gasteiger partial charge in [-0.15, -0.1) is 11.8 Å². The molecule has 138 valence electrons. The van der Waals surface area contributed by atoms with Gasteiger partial charge in [-0.25, -0.2) is 0 Å². The number of benzene rings is 2. The van der Waals surface area contributed by atoms with Gasteiger partial charge in [-0.2, -0.15) is 0 Å². The molecule has 0 aromatic heterocycles. The van der Waals surface area contributed by atoms with Crippen LogP contribution in [0.2, 0.25) is 0 Å². The van der Waals surface area contributed by atoms with Crippen molar-refractivity contribution < 1.29 is 19.1 Å². The first kappa shape index (κ1) is 19.8. The molecule has 0 saturated carbocycles. The third kappa shape index (κ3) is 6.11. The smallest absolute Gasteiger partial charge is 0.316 e. The van der Waals surface area contributed by atoms with E-state index in [1.54, 1.807) is 7.11 Å². The Morgan fingerprint density at radius 2 is 1.77 bits per heavy atom. The largest absolute Gasteiger partial charge is 0.497 e. The summed E-state index contributed by atoms with van der Waals surface area (Å²) in [5, 5.41) is 2.80. The van der Waals surface area contributed by atoms with Crippen LogP contribution in [-0.4, -0.2) is 31.3 Å². The standard InChI is InChI=1S/C20H23NO4S/c1-14(2)17-6-4-5-7-18(17)21-19(22)12-25-20(23)13-26-16-10-8-15(24-3)9-11-16/h4-11,14H,12-13H2,1-3H3,(H,21,22). The molecule has 0 aliphatic carbocycles. The quantitative estimate of drug-likeness (QED) is 0.558. The van der Waals surface area contributed by atoms with Crippen molar-refractivity contribution in [1.29, 1.82) is 0 Å². The molecule has 5 nitrogen and oxygen atoms in total. The molecule has 0 radical (unpaired) electrons. The van der Waals surface area contributed by atoms with Gasteiger partial charge in [0.05, 0.1) is 12.9 Å². The highest BCUT2D eigenvalue weighted by atomic mass is 32.2. The zero-order valence-electron chi connectivity index (χ0n) is 15.2. The van der Waals surface area contributed by atoms with Gasteiger partial charge in [0.15, 0.2) is 6.61 Å². The number of methoxy groups -OCH3 is 1. The van der Waals surface area contributed by atoms with Crippen molar-refractivity contribution in [3.8, 4) is 5.75 Å². The summed E-state index contributed by atoms with van der Waals surface area (Å²) in [7, 11) is 1.60. The number of esters is 1. The first-order valence-electron chi connectivity index (χ1n) is 8.31. The molecule has 0 aliphatic heterocycles. The first-order valence-corrected chi connectivity index (χ1v) is 9.29. The fraction of sp³-hybridized carbons (Fsp3) is 0.300. The van der Waals surface area contributed by atoms with Gasteiger partial charge in [-0.3, -0.25) is 9.59 Å². The summed E-state index contributed by atoms with van der Waals surface area (Å²) in [6.07, 6.45) is 0. The number of hydrogen-bond acceptors (Lipinski definition) is 5. The summed E-state index contributed by atoms with van der Waals surface area (Å²) in [6.45, 7) is 3.82. The molecule has 1 N–H and O–H groups in total. The van der Waals surface area contributed by atoms with E-state index >= 15 is 0 Å². The van der Waals surface area contributed by atoms with Crippen molar-refractivity contribution in [1.82, 2.24) is 0 Å². The third-order valence-electron chi connectivity index (χ3n) is 3.64. The van der Waals surface area contributed by atoms with Gasteiger partial charge >= 0.3 is 5.97 Å². The maximum atomic E-state index is 12.0. The zero-order valence-corrected chi connectivity index (χ0v) is 16.0. The third-order valence-corrected chi connectivity index (χ3v) is 4.62. The van der Waals surface area contributed by atoms with E-state index < -0.39 is 5.97 Å². The number of carbonyl (C=O) groups excluding carboxylic acids is 2. The lowest BCUT2D eigenvalue weighted by molar-refractivity contribution is -0.144. The molecule has 2 aromatic rings. The molecule has 1 amide bonds. The van der Waals surface area contributed by atoms with E-state index in [9.17, 15) is 9.59 Å². The summed E-state index contributed by atoms with van der Waals surface area (Å²) in [6, 6.07) is 15.0. The lowest BCUT2D eigenvalue weighted by Gasteiger charge is -2.13. The number of carbonyl (C=O) groups is 2. The predicted molar refractivity (Wildman–Crippen MR) is 104 cm³/mol. The minimum atomic E-state index is -0.432. The SMILES string of the molecule is COc1ccc(SCC(=O)OCC(=O)Nc2ccccc2C(C)C)cc1. The maximum Gasteiger partial charge on any atom is 0.316 e. The summed E-state index contributed by atoms with van der Waals surface area (Å²) < 4.78 is 10.1. The van der Waals surface area contributed by atoms with Crippen LogP contribution in [0.4, 0.5) is 5.69 Å². The van der Waals surface area contributed by atoms with Crippen molar-refractivity contribution in [3.63, 3.8) is 0 Å². The van der Waals surface area contributed by atoms with E-state index in [-0.39, 0.29) is 24.2 Å². The Morgan fingerprint density at radius 1 is 1.08 bits per heavy atom. The number of thioether (sulfide) groups is 1. The average molecular weight is 373 g/mol. The van der Waals surface area contributed by atoms with Gasteiger partial charge in [-0.1, -0.05) is 32.0 Å². The number of amides is 1. The van der Waals surface area contributed by atoms with E-state index in [4.69, 9.17) is 9.47 Å². The van der Waals surface area contributed by atoms with Crippen LogP contribution in [0.1, 0.15) is 25.3 Å². The molecule has 0 atom stereocenters. The second-order valence-electron chi connectivity index (χ2n) is 5.92. The summed E-state index contributed by atoms with van der Waals surface area (Å²) >= 11 is 1.35. The van der Waals surface area contributed by atoms with Crippen LogP contribution in [0.25, 0.3) is 0 Å². The normalized spacial score (nSPS) is 10.5. The van der Waals surface area contributed by atoms with Gasteiger partial charge < -0.3 is 14.8 Å². The van der Waals surface area contributed by atoms with Gasteiger partial charge in [0.1, 0.15) is 5.75 Å². The van der Waals surface area contributed by atoms with Crippen LogP contribution in [0, 0.1) is 0 Å². The summed E-state index contributed by atoms with van der Waals surface area (Å²) in [4.78, 5) is 24.8. The summed E-state index contributed by atoms with van der Waals surface area (Å²) in [5.41, 5.74) is 1.79. The molecule has 6 heteroatoms. The molecule has 0 spiro atoms. The van der Waals surface area contributed by atoms with Crippen LogP contribution in [0.5, 0.6) is 5.75 Å². The molecule has 0 heterocycles. The van der Waals surface area contributed by atoms with E-state index in [2.05, 4.69) is 19.2 Å². The lowest BCUT2D eigenvalue weighted by Crippen LogP contribution is -2.22. The number of hydrogen-bond donors (Lipinski definition) is 1. The van der Waals surface area contributed by atoms with Gasteiger partial charge in [0, 0.05) is 10.6 Å². The van der Waals surface area contributed by atoms with Gasteiger partial charge in [0.25, 0.3) is 5.91 Å². The predicted octanol–water partition coefficient (Wildman–Crippen LogP) is 4.09. The molecule has 26 heavy (non-hydrogen) atoms. The Balaban J connectivity index is 1.77. The van der Waals surface area contributed by atoms with Crippen LogP contribution < -0.4 is 10.1 Å². The Bertz CT molecular complexity index is 744. The number of para-hydroxylation sites is 1. The molecular formula is C20H23NO4S. The number of anilines is 1. The number of ether oxygens (including phenoxy) is 2. The maximum absolute atomic E-state index is 12.0. The van der Waals surface area contributed by atoms with E-state index in [0.717, 1.165) is 21.9 Å². The van der Waals surface area contributed by atoms with Gasteiger partial charge in [-0.05, 0) is 41.8 Å². The van der Waals surface area contributed by atoms with Crippen LogP contribution in [0.15, 0.2) is 53.4 Å². The molecular weight excluding hydrogens is 350 g/mol. The van der Waals surface area contributed by atoms with E-state index in [1.807, 2.05) is 48.5 Å². The molecule has 0 unspecified atom stereocenters. The van der Waals surface area contributed by atoms with Crippen molar-refractivity contribution in [2.75, 3.05) is 24.8 Å². The Kier molecular flexibility index (Phi) is 7.53. The Hall–Kier alpha value is -2.47. The van der Waals surface area contributed by atoms with Crippen molar-refractivity contribution >= 4 is 29.3 Å². The highest BCUT2D eigenvalue weighted by Crippen LogP contribution is 2.24. The van der Waals surface area contributed by atoms with Crippen molar-refractivity contribution in [2.45, 2.75) is 24.7 Å². The van der Waals surface area contributed by atoms with E-state index in [0.29, 0.717) is 0 Å². The molecule has 2 rings (SSSR count). The Morgan fingerprint density at radius 3 is 2.42 bits per heavy atom. The zero-order chi connectivity index (χ0) is 18.9. The lowest BCUT2D eigenvalue weighted by atomic mass is 10.0. The molecule has 0 bridgehead atoms. The van der Waals surface area contributed by atoms with Crippen molar-refractivity contribution in [3.05, 3.63) is 54.1 Å². The fourth-order valence-electron chi connectivity index (χ4n) is 2.30. The van der Waals surface area contributed by atoms with Gasteiger partial charge in [0.2, 0.25) is 0 Å². The number of nitrogens with one attached hydrogen (secondary N) is 1. The fourth-order valence-corrected chi connectivity index (χ4v) is 3.00. The van der Waals surface area contributed by atoms with E-state index in [1.165, 1.54) is 11.8 Å². The highest BCUT2D eigenvalue weighted by molar-refractivity contribution is 8.00. The minimum absolute atomic E-state index is 0.141. The van der Waals surface area contributed by atoms with Crippen molar-refractivity contribution in [2.24, 2.45) is 0 Å². The van der Waals surface area contributed by atoms with Crippen LogP contribution in [-0.2, 0) is 14.3 Å². The van der Waals surface area contributed by atoms with Crippen LogP contribution >= 0.6 is 11.8 Å². The highest BCUT2D eigenvalue weighted by Gasteiger charge is 2.11. The van der Waals surface area contributed by atoms with Crippen LogP contribution in [0.3, 0.4) is 0 Å². The minimum Gasteiger partial charge on any atom is -0.497 e. The second-order valence-corrected chi connectivity index (χ2v) is 6.96. The molecule has 0 fully saturated rings. The Labute approximate surface area is 158 Å². The number of rotatable bonds is 8. The average Bonchev–Trinajstić information content (AvgIpc) is 2.65. The second kappa shape index (κ2) is 9.87. The molecule has 0 saturated heterocycles. The molecule has 0 aliphatic rings. The first-order chi connectivity index (χ1) is 12.5. The molecule has 2 aromatic carbocycles. The monoisotopic (exact) mass is 373 g/mol. The summed E-state index contributed by atoms with van der Waals surface area (Å²) in [5.74, 6) is 0.409. The topological polar surface area (TPSA) is 64.6 Å².